The number of ketones is 1. The van der Waals surface area contributed by atoms with Crippen LogP contribution in [0.4, 0.5) is 0 Å². The molecular weight excluding hydrogens is 465 g/mol. The van der Waals surface area contributed by atoms with Gasteiger partial charge in [0.1, 0.15) is 0 Å². The van der Waals surface area contributed by atoms with Crippen molar-refractivity contribution in [3.63, 3.8) is 0 Å². The molecule has 4 fully saturated rings. The molecule has 1 nitrogen and oxygen atoms in total. The van der Waals surface area contributed by atoms with E-state index in [4.69, 9.17) is 0 Å². The van der Waals surface area contributed by atoms with Gasteiger partial charge in [-0.15, -0.1) is 0 Å². The van der Waals surface area contributed by atoms with Crippen LogP contribution in [0.2, 0.25) is 58.9 Å². The first-order valence-corrected chi connectivity index (χ1v) is 28.9. The van der Waals surface area contributed by atoms with Crippen LogP contribution in [0.5, 0.6) is 0 Å². The molecule has 0 heterocycles. The molecule has 0 aromatic heterocycles. The van der Waals surface area contributed by atoms with Crippen molar-refractivity contribution in [2.75, 3.05) is 0 Å². The van der Waals surface area contributed by atoms with Crippen molar-refractivity contribution < 1.29 is 4.79 Å². The minimum absolute atomic E-state index is 0.0345. The van der Waals surface area contributed by atoms with Crippen LogP contribution >= 0.6 is 0 Å². The molecule has 1 aromatic rings. The van der Waals surface area contributed by atoms with E-state index in [-0.39, 0.29) is 5.41 Å². The number of benzene rings is 1. The summed E-state index contributed by atoms with van der Waals surface area (Å²) < 4.78 is 0. The second kappa shape index (κ2) is 8.28. The largest absolute Gasteiger partial charge is 0.294 e. The van der Waals surface area contributed by atoms with Crippen molar-refractivity contribution >= 4 is 40.4 Å². The number of rotatable bonds is 7. The average Bonchev–Trinajstić information content (AvgIpc) is 2.63. The van der Waals surface area contributed by atoms with E-state index in [2.05, 4.69) is 95.3 Å². The van der Waals surface area contributed by atoms with Crippen LogP contribution in [0.1, 0.15) is 44.1 Å². The van der Waals surface area contributed by atoms with Crippen molar-refractivity contribution in [3.05, 3.63) is 42.0 Å². The maximum absolute atomic E-state index is 14.5. The Hall–Kier alpha value is -0.502. The Labute approximate surface area is 207 Å². The average molecular weight is 513 g/mol. The third-order valence-corrected chi connectivity index (χ3v) is 80.9. The monoisotopic (exact) mass is 512 g/mol. The zero-order chi connectivity index (χ0) is 24.4. The van der Waals surface area contributed by atoms with Gasteiger partial charge in [-0.25, -0.2) is 0 Å². The lowest BCUT2D eigenvalue weighted by Gasteiger charge is -2.59. The van der Waals surface area contributed by atoms with Crippen molar-refractivity contribution in [1.29, 1.82) is 0 Å². The summed E-state index contributed by atoms with van der Waals surface area (Å²) in [6.45, 7) is 22.0. The molecule has 0 amide bonds. The Balaban J connectivity index is 1.94. The van der Waals surface area contributed by atoms with Crippen LogP contribution in [-0.4, -0.2) is 35.2 Å². The van der Waals surface area contributed by atoms with E-state index < -0.39 is 29.4 Å². The summed E-state index contributed by atoms with van der Waals surface area (Å²) in [4.78, 5) is 14.5. The smallest absolute Gasteiger partial charge is 0.161 e. The van der Waals surface area contributed by atoms with E-state index in [1.54, 1.807) is 5.20 Å². The molecule has 33 heavy (non-hydrogen) atoms. The lowest BCUT2D eigenvalue weighted by atomic mass is 9.48. The van der Waals surface area contributed by atoms with Gasteiger partial charge in [0.05, 0.1) is 6.63 Å². The summed E-state index contributed by atoms with van der Waals surface area (Å²) in [5.74, 6) is 3.00. The van der Waals surface area contributed by atoms with Gasteiger partial charge in [-0.2, -0.15) is 0 Å². The van der Waals surface area contributed by atoms with Crippen LogP contribution in [0.3, 0.4) is 0 Å². The lowest BCUT2D eigenvalue weighted by Crippen LogP contribution is -2.83. The Morgan fingerprint density at radius 1 is 0.727 bits per heavy atom. The van der Waals surface area contributed by atoms with E-state index in [1.165, 1.54) is 44.1 Å². The maximum Gasteiger partial charge on any atom is 0.161 e. The van der Waals surface area contributed by atoms with Gasteiger partial charge in [0.25, 0.3) is 0 Å². The van der Waals surface area contributed by atoms with E-state index in [1.807, 2.05) is 0 Å². The van der Waals surface area contributed by atoms with E-state index in [0.717, 1.165) is 17.8 Å². The first-order valence-electron chi connectivity index (χ1n) is 13.4. The Morgan fingerprint density at radius 3 is 1.48 bits per heavy atom. The number of carbonyl (C=O) groups excluding carboxylic acids is 1. The Morgan fingerprint density at radius 2 is 1.12 bits per heavy atom. The third kappa shape index (κ3) is 4.13. The quantitative estimate of drug-likeness (QED) is 0.266. The molecule has 4 saturated carbocycles. The molecule has 0 spiro atoms. The second-order valence-corrected chi connectivity index (χ2v) is 55.3. The number of allylic oxidation sites excluding steroid dienone is 1. The molecule has 4 aliphatic carbocycles. The molecule has 0 N–H and O–H groups in total. The highest BCUT2D eigenvalue weighted by Crippen LogP contribution is 2.61. The predicted molar refractivity (Wildman–Crippen MR) is 156 cm³/mol. The first-order chi connectivity index (χ1) is 15.1. The molecule has 0 radical (unpaired) electrons. The first kappa shape index (κ1) is 25.6. The van der Waals surface area contributed by atoms with Gasteiger partial charge in [-0.1, -0.05) is 94.5 Å². The minimum atomic E-state index is -1.89. The van der Waals surface area contributed by atoms with Gasteiger partial charge in [-0.05, 0) is 67.9 Å². The van der Waals surface area contributed by atoms with Gasteiger partial charge in [0.15, 0.2) is 5.78 Å². The fourth-order valence-electron chi connectivity index (χ4n) is 10.3. The van der Waals surface area contributed by atoms with E-state index in [0.29, 0.717) is 5.78 Å². The molecule has 4 bridgehead atoms. The lowest BCUT2D eigenvalue weighted by molar-refractivity contribution is -0.138. The Bertz CT molecular complexity index is 856. The standard InChI is InChI=1S/C28H48OSi4/c1-30(2,3)33(31(4,5)6,32(7,8)9)26(25-13-11-10-12-14-25)18-27(29)28-19-22-15-23(20-28)17-24(16-22)21-28/h10-14,18,22-24H,15-17,19-21H2,1-9H3/b26-18-. The zero-order valence-electron chi connectivity index (χ0n) is 22.8. The van der Waals surface area contributed by atoms with Gasteiger partial charge in [-0.3, -0.25) is 4.79 Å². The normalized spacial score (nSPS) is 30.6. The summed E-state index contributed by atoms with van der Waals surface area (Å²) in [5.41, 5.74) is 1.35. The molecule has 182 valence electrons. The van der Waals surface area contributed by atoms with Crippen LogP contribution in [0.15, 0.2) is 36.4 Å². The molecule has 0 saturated heterocycles. The van der Waals surface area contributed by atoms with Crippen LogP contribution in [0.25, 0.3) is 5.20 Å². The Kier molecular flexibility index (Phi) is 6.42. The van der Waals surface area contributed by atoms with Crippen molar-refractivity contribution in [2.24, 2.45) is 23.2 Å². The molecule has 5 rings (SSSR count). The van der Waals surface area contributed by atoms with Gasteiger partial charge in [0.2, 0.25) is 0 Å². The molecule has 5 heteroatoms. The van der Waals surface area contributed by atoms with E-state index >= 15 is 0 Å². The second-order valence-electron chi connectivity index (χ2n) is 15.0. The number of carbonyl (C=O) groups is 1. The zero-order valence-corrected chi connectivity index (χ0v) is 26.8. The number of hydrogen-bond acceptors (Lipinski definition) is 1. The van der Waals surface area contributed by atoms with Crippen molar-refractivity contribution in [3.8, 4) is 0 Å². The summed E-state index contributed by atoms with van der Waals surface area (Å²) in [6, 6.07) is 11.2. The van der Waals surface area contributed by atoms with Crippen LogP contribution < -0.4 is 0 Å². The van der Waals surface area contributed by atoms with Crippen molar-refractivity contribution in [1.82, 2.24) is 0 Å². The molecular formula is C28H48OSi4. The highest BCUT2D eigenvalue weighted by atomic mass is 29.9. The molecule has 0 atom stereocenters. The predicted octanol–water partition coefficient (Wildman–Crippen LogP) is 8.09. The van der Waals surface area contributed by atoms with Gasteiger partial charge < -0.3 is 0 Å². The fraction of sp³-hybridized carbons (Fsp3) is 0.679. The van der Waals surface area contributed by atoms with Gasteiger partial charge >= 0.3 is 0 Å². The minimum Gasteiger partial charge on any atom is -0.294 e. The van der Waals surface area contributed by atoms with Crippen LogP contribution in [0, 0.1) is 23.2 Å². The van der Waals surface area contributed by atoms with E-state index in [9.17, 15) is 4.79 Å². The van der Waals surface area contributed by atoms with Gasteiger partial charge in [0, 0.05) is 28.2 Å². The highest BCUT2D eigenvalue weighted by molar-refractivity contribution is 7.94. The van der Waals surface area contributed by atoms with Crippen LogP contribution in [-0.2, 0) is 4.79 Å². The molecule has 0 aliphatic heterocycles. The topological polar surface area (TPSA) is 17.1 Å². The third-order valence-electron chi connectivity index (χ3n) is 9.70. The summed E-state index contributed by atoms with van der Waals surface area (Å²) in [5, 5.41) is 1.58. The van der Waals surface area contributed by atoms with Crippen molar-refractivity contribution in [2.45, 2.75) is 97.4 Å². The summed E-state index contributed by atoms with van der Waals surface area (Å²) in [7, 11) is -4.70. The maximum atomic E-state index is 14.5. The molecule has 0 unspecified atom stereocenters. The summed E-state index contributed by atoms with van der Waals surface area (Å²) >= 11 is 0. The molecule has 1 aromatic carbocycles. The summed E-state index contributed by atoms with van der Waals surface area (Å²) in [6.07, 6.45) is 10.1. The number of hydrogen-bond donors (Lipinski definition) is 0. The fourth-order valence-corrected chi connectivity index (χ4v) is 111. The highest BCUT2D eigenvalue weighted by Gasteiger charge is 2.64. The molecule has 4 aliphatic rings. The SMILES string of the molecule is C[Si](C)(C)[Si](/C(=C\C(=O)C12CC3CC(CC(C3)C1)C2)c1ccccc1)([Si](C)(C)C)[Si](C)(C)C.